The second kappa shape index (κ2) is 7.33. The fraction of sp³-hybridized carbons (Fsp3) is 0.222. The number of benzene rings is 2. The van der Waals surface area contributed by atoms with Crippen molar-refractivity contribution >= 4 is 17.5 Å². The molecule has 7 heteroatoms. The summed E-state index contributed by atoms with van der Waals surface area (Å²) in [6, 6.07) is 12.7. The van der Waals surface area contributed by atoms with E-state index < -0.39 is 23.5 Å². The van der Waals surface area contributed by atoms with Gasteiger partial charge in [0.15, 0.2) is 0 Å². The van der Waals surface area contributed by atoms with Gasteiger partial charge in [-0.25, -0.2) is 5.48 Å². The molecular weight excluding hydrogens is 322 g/mol. The quantitative estimate of drug-likeness (QED) is 0.318. The van der Waals surface area contributed by atoms with Crippen LogP contribution in [0.15, 0.2) is 48.5 Å². The largest absolute Gasteiger partial charge is 0.398 e. The highest BCUT2D eigenvalue weighted by atomic mass is 16.5. The standard InChI is InChI=1S/C18H21N3O4/c1-18(2,24)15(17(23)21-25)20-16(22)12-9-7-11(8-10-12)13-5-3-4-6-14(13)19/h3-10,15,24-25H,19H2,1-2H3,(H,20,22)(H,21,23)/t15-/m1/s1. The summed E-state index contributed by atoms with van der Waals surface area (Å²) < 4.78 is 0. The van der Waals surface area contributed by atoms with Crippen molar-refractivity contribution in [3.63, 3.8) is 0 Å². The molecule has 6 N–H and O–H groups in total. The smallest absolute Gasteiger partial charge is 0.268 e. The third-order valence-corrected chi connectivity index (χ3v) is 3.77. The van der Waals surface area contributed by atoms with E-state index >= 15 is 0 Å². The third kappa shape index (κ3) is 4.34. The van der Waals surface area contributed by atoms with Crippen LogP contribution in [0, 0.1) is 0 Å². The van der Waals surface area contributed by atoms with Gasteiger partial charge in [-0.15, -0.1) is 0 Å². The average Bonchev–Trinajstić information content (AvgIpc) is 2.58. The SMILES string of the molecule is CC(C)(O)[C@H](NC(=O)c1ccc(-c2ccccc2N)cc1)C(=O)NO. The number of carbonyl (C=O) groups excluding carboxylic acids is 2. The van der Waals surface area contributed by atoms with E-state index in [0.29, 0.717) is 11.3 Å². The predicted octanol–water partition coefficient (Wildman–Crippen LogP) is 1.31. The first-order chi connectivity index (χ1) is 11.7. The highest BCUT2D eigenvalue weighted by Crippen LogP contribution is 2.25. The Morgan fingerprint density at radius 3 is 2.20 bits per heavy atom. The number of rotatable bonds is 5. The first-order valence-electron chi connectivity index (χ1n) is 7.66. The molecule has 0 aliphatic carbocycles. The Hall–Kier alpha value is -2.90. The molecule has 0 bridgehead atoms. The number of anilines is 1. The second-order valence-electron chi connectivity index (χ2n) is 6.20. The van der Waals surface area contributed by atoms with Gasteiger partial charge in [0.1, 0.15) is 6.04 Å². The van der Waals surface area contributed by atoms with Crippen molar-refractivity contribution in [1.82, 2.24) is 10.8 Å². The van der Waals surface area contributed by atoms with Crippen LogP contribution in [0.1, 0.15) is 24.2 Å². The lowest BCUT2D eigenvalue weighted by molar-refractivity contribution is -0.136. The van der Waals surface area contributed by atoms with Crippen LogP contribution in [-0.2, 0) is 4.79 Å². The van der Waals surface area contributed by atoms with Crippen molar-refractivity contribution < 1.29 is 19.9 Å². The molecule has 0 unspecified atom stereocenters. The maximum atomic E-state index is 12.3. The lowest BCUT2D eigenvalue weighted by Gasteiger charge is -2.28. The summed E-state index contributed by atoms with van der Waals surface area (Å²) in [5.74, 6) is -1.46. The molecule has 0 aliphatic heterocycles. The highest BCUT2D eigenvalue weighted by Gasteiger charge is 2.34. The number of nitrogen functional groups attached to an aromatic ring is 1. The summed E-state index contributed by atoms with van der Waals surface area (Å²) in [6.45, 7) is 2.71. The molecule has 0 fully saturated rings. The summed E-state index contributed by atoms with van der Waals surface area (Å²) in [4.78, 5) is 24.0. The molecule has 25 heavy (non-hydrogen) atoms. The topological polar surface area (TPSA) is 125 Å². The fourth-order valence-electron chi connectivity index (χ4n) is 2.40. The number of nitrogens with two attached hydrogens (primary N) is 1. The molecule has 0 heterocycles. The molecular formula is C18H21N3O4. The van der Waals surface area contributed by atoms with Crippen molar-refractivity contribution in [3.05, 3.63) is 54.1 Å². The normalized spacial score (nSPS) is 12.3. The van der Waals surface area contributed by atoms with Crippen molar-refractivity contribution in [3.8, 4) is 11.1 Å². The van der Waals surface area contributed by atoms with Crippen LogP contribution in [0.4, 0.5) is 5.69 Å². The van der Waals surface area contributed by atoms with E-state index in [0.717, 1.165) is 11.1 Å². The number of hydroxylamine groups is 1. The zero-order valence-corrected chi connectivity index (χ0v) is 14.0. The zero-order valence-electron chi connectivity index (χ0n) is 14.0. The fourth-order valence-corrected chi connectivity index (χ4v) is 2.40. The van der Waals surface area contributed by atoms with Crippen molar-refractivity contribution in [2.45, 2.75) is 25.5 Å². The number of hydrogen-bond donors (Lipinski definition) is 5. The Kier molecular flexibility index (Phi) is 5.41. The number of para-hydroxylation sites is 1. The van der Waals surface area contributed by atoms with Crippen LogP contribution >= 0.6 is 0 Å². The Morgan fingerprint density at radius 1 is 1.08 bits per heavy atom. The van der Waals surface area contributed by atoms with Gasteiger partial charge in [0.05, 0.1) is 5.60 Å². The highest BCUT2D eigenvalue weighted by molar-refractivity contribution is 5.98. The van der Waals surface area contributed by atoms with E-state index in [1.54, 1.807) is 30.3 Å². The minimum Gasteiger partial charge on any atom is -0.398 e. The lowest BCUT2D eigenvalue weighted by Crippen LogP contribution is -2.57. The van der Waals surface area contributed by atoms with E-state index in [2.05, 4.69) is 5.32 Å². The monoisotopic (exact) mass is 343 g/mol. The minimum atomic E-state index is -1.55. The summed E-state index contributed by atoms with van der Waals surface area (Å²) in [5.41, 5.74) is 8.45. The molecule has 0 aromatic heterocycles. The summed E-state index contributed by atoms with van der Waals surface area (Å²) in [7, 11) is 0. The van der Waals surface area contributed by atoms with E-state index in [9.17, 15) is 14.7 Å². The molecule has 1 atom stereocenters. The van der Waals surface area contributed by atoms with Crippen LogP contribution in [0.2, 0.25) is 0 Å². The summed E-state index contributed by atoms with van der Waals surface area (Å²) >= 11 is 0. The molecule has 2 amide bonds. The molecule has 132 valence electrons. The zero-order chi connectivity index (χ0) is 18.6. The van der Waals surface area contributed by atoms with Crippen LogP contribution < -0.4 is 16.5 Å². The van der Waals surface area contributed by atoms with E-state index in [1.807, 2.05) is 18.2 Å². The number of carbonyl (C=O) groups is 2. The van der Waals surface area contributed by atoms with Gasteiger partial charge in [-0.2, -0.15) is 0 Å². The first-order valence-corrected chi connectivity index (χ1v) is 7.66. The Morgan fingerprint density at radius 2 is 1.68 bits per heavy atom. The van der Waals surface area contributed by atoms with Gasteiger partial charge in [0, 0.05) is 16.8 Å². The number of aliphatic hydroxyl groups is 1. The third-order valence-electron chi connectivity index (χ3n) is 3.77. The molecule has 0 radical (unpaired) electrons. The number of nitrogens with one attached hydrogen (secondary N) is 2. The van der Waals surface area contributed by atoms with Gasteiger partial charge < -0.3 is 16.2 Å². The maximum Gasteiger partial charge on any atom is 0.268 e. The maximum absolute atomic E-state index is 12.3. The Labute approximate surface area is 145 Å². The van der Waals surface area contributed by atoms with Gasteiger partial charge in [-0.05, 0) is 37.6 Å². The minimum absolute atomic E-state index is 0.304. The molecule has 7 nitrogen and oxygen atoms in total. The number of amides is 2. The number of hydrogen-bond acceptors (Lipinski definition) is 5. The molecule has 2 rings (SSSR count). The molecule has 2 aromatic carbocycles. The van der Waals surface area contributed by atoms with E-state index in [-0.39, 0.29) is 0 Å². The molecule has 0 spiro atoms. The van der Waals surface area contributed by atoms with Crippen LogP contribution in [0.5, 0.6) is 0 Å². The van der Waals surface area contributed by atoms with Crippen LogP contribution in [-0.4, -0.2) is 33.8 Å². The molecule has 2 aromatic rings. The van der Waals surface area contributed by atoms with Gasteiger partial charge in [-0.1, -0.05) is 30.3 Å². The first kappa shape index (κ1) is 18.4. The van der Waals surface area contributed by atoms with Gasteiger partial charge in [0.25, 0.3) is 11.8 Å². The predicted molar refractivity (Wildman–Crippen MR) is 93.8 cm³/mol. The Balaban J connectivity index is 2.20. The van der Waals surface area contributed by atoms with E-state index in [4.69, 9.17) is 10.9 Å². The molecule has 0 aliphatic rings. The molecule has 0 saturated heterocycles. The second-order valence-corrected chi connectivity index (χ2v) is 6.20. The van der Waals surface area contributed by atoms with Crippen LogP contribution in [0.3, 0.4) is 0 Å². The van der Waals surface area contributed by atoms with Gasteiger partial charge >= 0.3 is 0 Å². The summed E-state index contributed by atoms with van der Waals surface area (Å²) in [6.07, 6.45) is 0. The van der Waals surface area contributed by atoms with Crippen molar-refractivity contribution in [1.29, 1.82) is 0 Å². The van der Waals surface area contributed by atoms with Gasteiger partial charge in [-0.3, -0.25) is 14.8 Å². The van der Waals surface area contributed by atoms with Crippen LogP contribution in [0.25, 0.3) is 11.1 Å². The average molecular weight is 343 g/mol. The molecule has 0 saturated carbocycles. The van der Waals surface area contributed by atoms with E-state index in [1.165, 1.54) is 19.3 Å². The summed E-state index contributed by atoms with van der Waals surface area (Å²) in [5, 5.41) is 21.2. The lowest BCUT2D eigenvalue weighted by atomic mass is 9.97. The van der Waals surface area contributed by atoms with Gasteiger partial charge in [0.2, 0.25) is 0 Å². The van der Waals surface area contributed by atoms with Crippen molar-refractivity contribution in [2.75, 3.05) is 5.73 Å². The Bertz CT molecular complexity index is 767. The van der Waals surface area contributed by atoms with Crippen molar-refractivity contribution in [2.24, 2.45) is 0 Å².